The van der Waals surface area contributed by atoms with Gasteiger partial charge in [-0.1, -0.05) is 26.0 Å². The molecule has 7 heteroatoms. The topological polar surface area (TPSA) is 96.3 Å². The molecule has 7 nitrogen and oxygen atoms in total. The number of morpholine rings is 1. The zero-order chi connectivity index (χ0) is 19.4. The first-order valence-electron chi connectivity index (χ1n) is 8.89. The van der Waals surface area contributed by atoms with Crippen molar-refractivity contribution < 1.29 is 29.3 Å². The number of carboxylic acid groups (broad SMARTS) is 2. The second-order valence-corrected chi connectivity index (χ2v) is 6.34. The van der Waals surface area contributed by atoms with Crippen LogP contribution in [0.5, 0.6) is 5.75 Å². The SMILES string of the molecule is CC(C)c1ccc(OCCCCN2CCOCC2)cc1.O=C(O)C(=O)O. The number of benzene rings is 1. The molecule has 26 heavy (non-hydrogen) atoms. The van der Waals surface area contributed by atoms with E-state index in [2.05, 4.69) is 43.0 Å². The molecule has 0 atom stereocenters. The van der Waals surface area contributed by atoms with Crippen LogP contribution < -0.4 is 4.74 Å². The summed E-state index contributed by atoms with van der Waals surface area (Å²) in [4.78, 5) is 20.7. The summed E-state index contributed by atoms with van der Waals surface area (Å²) in [6, 6.07) is 8.48. The molecule has 1 saturated heterocycles. The fourth-order valence-corrected chi connectivity index (χ4v) is 2.40. The Morgan fingerprint density at radius 2 is 1.65 bits per heavy atom. The summed E-state index contributed by atoms with van der Waals surface area (Å²) in [5.41, 5.74) is 1.37. The zero-order valence-electron chi connectivity index (χ0n) is 15.5. The van der Waals surface area contributed by atoms with E-state index in [4.69, 9.17) is 29.3 Å². The lowest BCUT2D eigenvalue weighted by Gasteiger charge is -2.26. The van der Waals surface area contributed by atoms with E-state index >= 15 is 0 Å². The third-order valence-electron chi connectivity index (χ3n) is 3.97. The number of hydrogen-bond donors (Lipinski definition) is 2. The monoisotopic (exact) mass is 367 g/mol. The van der Waals surface area contributed by atoms with Crippen molar-refractivity contribution in [2.75, 3.05) is 39.5 Å². The first-order valence-corrected chi connectivity index (χ1v) is 8.89. The molecule has 0 aromatic heterocycles. The van der Waals surface area contributed by atoms with Crippen molar-refractivity contribution >= 4 is 11.9 Å². The van der Waals surface area contributed by atoms with Gasteiger partial charge in [0, 0.05) is 13.1 Å². The molecule has 1 aromatic rings. The first kappa shape index (κ1) is 21.9. The summed E-state index contributed by atoms with van der Waals surface area (Å²) in [5.74, 6) is -2.08. The maximum absolute atomic E-state index is 9.10. The van der Waals surface area contributed by atoms with Crippen LogP contribution in [-0.2, 0) is 14.3 Å². The number of nitrogens with zero attached hydrogens (tertiary/aromatic N) is 1. The molecule has 1 aliphatic rings. The van der Waals surface area contributed by atoms with Crippen LogP contribution in [0.15, 0.2) is 24.3 Å². The minimum absolute atomic E-state index is 0.581. The van der Waals surface area contributed by atoms with Crippen LogP contribution in [0.3, 0.4) is 0 Å². The smallest absolute Gasteiger partial charge is 0.414 e. The van der Waals surface area contributed by atoms with Crippen molar-refractivity contribution in [3.05, 3.63) is 29.8 Å². The Morgan fingerprint density at radius 1 is 1.08 bits per heavy atom. The number of hydrogen-bond acceptors (Lipinski definition) is 5. The average molecular weight is 367 g/mol. The van der Waals surface area contributed by atoms with E-state index in [-0.39, 0.29) is 0 Å². The van der Waals surface area contributed by atoms with Crippen molar-refractivity contribution in [1.29, 1.82) is 0 Å². The molecule has 0 bridgehead atoms. The lowest BCUT2D eigenvalue weighted by molar-refractivity contribution is -0.159. The molecule has 0 aliphatic carbocycles. The van der Waals surface area contributed by atoms with E-state index < -0.39 is 11.9 Å². The molecule has 146 valence electrons. The van der Waals surface area contributed by atoms with Gasteiger partial charge in [0.25, 0.3) is 0 Å². The molecule has 1 aliphatic heterocycles. The van der Waals surface area contributed by atoms with Gasteiger partial charge in [0.1, 0.15) is 5.75 Å². The zero-order valence-corrected chi connectivity index (χ0v) is 15.5. The Morgan fingerprint density at radius 3 is 2.15 bits per heavy atom. The molecule has 0 saturated carbocycles. The highest BCUT2D eigenvalue weighted by molar-refractivity contribution is 6.27. The maximum Gasteiger partial charge on any atom is 0.414 e. The Bertz CT molecular complexity index is 525. The molecular formula is C19H29NO6. The quantitative estimate of drug-likeness (QED) is 0.564. The van der Waals surface area contributed by atoms with Gasteiger partial charge in [-0.15, -0.1) is 0 Å². The highest BCUT2D eigenvalue weighted by Crippen LogP contribution is 2.18. The lowest BCUT2D eigenvalue weighted by atomic mass is 10.0. The van der Waals surface area contributed by atoms with Crippen LogP contribution in [0.2, 0.25) is 0 Å². The van der Waals surface area contributed by atoms with Gasteiger partial charge in [-0.3, -0.25) is 4.90 Å². The molecule has 2 rings (SSSR count). The van der Waals surface area contributed by atoms with Gasteiger partial charge in [-0.25, -0.2) is 9.59 Å². The minimum Gasteiger partial charge on any atom is -0.494 e. The predicted octanol–water partition coefficient (Wildman–Crippen LogP) is 2.46. The van der Waals surface area contributed by atoms with Crippen molar-refractivity contribution in [3.63, 3.8) is 0 Å². The third-order valence-corrected chi connectivity index (χ3v) is 3.97. The number of rotatable bonds is 7. The molecule has 1 aromatic carbocycles. The number of carboxylic acids is 2. The van der Waals surface area contributed by atoms with Crippen molar-refractivity contribution in [3.8, 4) is 5.75 Å². The number of aliphatic carboxylic acids is 2. The molecule has 1 fully saturated rings. The third kappa shape index (κ3) is 9.39. The minimum atomic E-state index is -1.82. The van der Waals surface area contributed by atoms with Gasteiger partial charge in [0.2, 0.25) is 0 Å². The molecular weight excluding hydrogens is 338 g/mol. The standard InChI is InChI=1S/C17H27NO2.C2H2O4/c1-15(2)16-5-7-17(8-6-16)20-12-4-3-9-18-10-13-19-14-11-18;3-1(4)2(5)6/h5-8,15H,3-4,9-14H2,1-2H3;(H,3,4)(H,5,6). The number of unbranched alkanes of at least 4 members (excludes halogenated alkanes) is 1. The Kier molecular flexibility index (Phi) is 10.3. The largest absolute Gasteiger partial charge is 0.494 e. The fourth-order valence-electron chi connectivity index (χ4n) is 2.40. The van der Waals surface area contributed by atoms with E-state index in [0.29, 0.717) is 5.92 Å². The van der Waals surface area contributed by atoms with Crippen LogP contribution in [0.25, 0.3) is 0 Å². The number of ether oxygens (including phenoxy) is 2. The summed E-state index contributed by atoms with van der Waals surface area (Å²) in [6.45, 7) is 10.3. The highest BCUT2D eigenvalue weighted by atomic mass is 16.5. The van der Waals surface area contributed by atoms with E-state index in [1.807, 2.05) is 0 Å². The second kappa shape index (κ2) is 12.3. The molecule has 0 unspecified atom stereocenters. The van der Waals surface area contributed by atoms with E-state index in [9.17, 15) is 0 Å². The Balaban J connectivity index is 0.000000487. The van der Waals surface area contributed by atoms with Gasteiger partial charge >= 0.3 is 11.9 Å². The lowest BCUT2D eigenvalue weighted by Crippen LogP contribution is -2.36. The van der Waals surface area contributed by atoms with Crippen LogP contribution in [-0.4, -0.2) is 66.5 Å². The van der Waals surface area contributed by atoms with Crippen LogP contribution in [0.1, 0.15) is 38.2 Å². The summed E-state index contributed by atoms with van der Waals surface area (Å²) in [5, 5.41) is 14.8. The van der Waals surface area contributed by atoms with Crippen molar-refractivity contribution in [2.24, 2.45) is 0 Å². The Hall–Kier alpha value is -2.12. The second-order valence-electron chi connectivity index (χ2n) is 6.34. The van der Waals surface area contributed by atoms with Gasteiger partial charge in [-0.2, -0.15) is 0 Å². The normalized spacial score (nSPS) is 14.4. The maximum atomic E-state index is 9.10. The van der Waals surface area contributed by atoms with E-state index in [0.717, 1.165) is 45.1 Å². The summed E-state index contributed by atoms with van der Waals surface area (Å²) >= 11 is 0. The summed E-state index contributed by atoms with van der Waals surface area (Å²) in [7, 11) is 0. The molecule has 0 spiro atoms. The Labute approximate surface area is 154 Å². The molecule has 0 radical (unpaired) electrons. The molecule has 1 heterocycles. The van der Waals surface area contributed by atoms with Gasteiger partial charge in [-0.05, 0) is 43.0 Å². The summed E-state index contributed by atoms with van der Waals surface area (Å²) in [6.07, 6.45) is 2.31. The fraction of sp³-hybridized carbons (Fsp3) is 0.579. The van der Waals surface area contributed by atoms with Crippen LogP contribution >= 0.6 is 0 Å². The van der Waals surface area contributed by atoms with Crippen LogP contribution in [0, 0.1) is 0 Å². The van der Waals surface area contributed by atoms with Crippen LogP contribution in [0.4, 0.5) is 0 Å². The van der Waals surface area contributed by atoms with E-state index in [1.165, 1.54) is 18.5 Å². The van der Waals surface area contributed by atoms with Crippen molar-refractivity contribution in [2.45, 2.75) is 32.6 Å². The van der Waals surface area contributed by atoms with Gasteiger partial charge in [0.05, 0.1) is 19.8 Å². The molecule has 0 amide bonds. The van der Waals surface area contributed by atoms with E-state index in [1.54, 1.807) is 0 Å². The highest BCUT2D eigenvalue weighted by Gasteiger charge is 2.09. The number of carbonyl (C=O) groups is 2. The molecule has 2 N–H and O–H groups in total. The van der Waals surface area contributed by atoms with Gasteiger partial charge in [0.15, 0.2) is 0 Å². The van der Waals surface area contributed by atoms with Gasteiger partial charge < -0.3 is 19.7 Å². The first-order chi connectivity index (χ1) is 12.4. The predicted molar refractivity (Wildman–Crippen MR) is 97.8 cm³/mol. The van der Waals surface area contributed by atoms with Crippen molar-refractivity contribution in [1.82, 2.24) is 4.90 Å². The average Bonchev–Trinajstić information content (AvgIpc) is 2.63. The summed E-state index contributed by atoms with van der Waals surface area (Å²) < 4.78 is 11.1.